The van der Waals surface area contributed by atoms with Crippen molar-refractivity contribution < 1.29 is 0 Å². The molecule has 16 heavy (non-hydrogen) atoms. The Hall–Kier alpha value is 0.700. The van der Waals surface area contributed by atoms with Crippen molar-refractivity contribution in [2.75, 3.05) is 5.08 Å². The van der Waals surface area contributed by atoms with E-state index in [1.807, 2.05) is 0 Å². The van der Waals surface area contributed by atoms with Crippen LogP contribution in [0, 0.1) is 5.92 Å². The largest absolute Gasteiger partial charge is 0.146 e. The van der Waals surface area contributed by atoms with Gasteiger partial charge in [-0.3, -0.25) is 0 Å². The van der Waals surface area contributed by atoms with Gasteiger partial charge in [-0.1, -0.05) is 38.5 Å². The van der Waals surface area contributed by atoms with Gasteiger partial charge in [0.05, 0.1) is 0 Å². The molecule has 0 aromatic heterocycles. The van der Waals surface area contributed by atoms with Gasteiger partial charge in [-0.2, -0.15) is 0 Å². The average molecular weight is 256 g/mol. The van der Waals surface area contributed by atoms with E-state index in [0.29, 0.717) is 0 Å². The first kappa shape index (κ1) is 11.8. The lowest BCUT2D eigenvalue weighted by Crippen LogP contribution is -2.43. The normalized spacial score (nSPS) is 41.6. The highest BCUT2D eigenvalue weighted by Gasteiger charge is 2.50. The van der Waals surface area contributed by atoms with Gasteiger partial charge in [0.1, 0.15) is 0 Å². The van der Waals surface area contributed by atoms with Gasteiger partial charge in [-0.25, -0.2) is 0 Å². The molecule has 0 aromatic carbocycles. The third kappa shape index (κ3) is 2.05. The molecule has 1 heterocycles. The first-order valence-corrected chi connectivity index (χ1v) is 9.21. The van der Waals surface area contributed by atoms with Gasteiger partial charge in [-0.05, 0) is 31.6 Å². The van der Waals surface area contributed by atoms with Crippen LogP contribution in [-0.4, -0.2) is 15.1 Å². The van der Waals surface area contributed by atoms with Crippen LogP contribution in [0.5, 0.6) is 0 Å². The summed E-state index contributed by atoms with van der Waals surface area (Å²) in [5, 5.41) is 2.41. The maximum absolute atomic E-state index is 2.35. The zero-order chi connectivity index (χ0) is 10.8. The fourth-order valence-electron chi connectivity index (χ4n) is 4.10. The van der Waals surface area contributed by atoms with Crippen molar-refractivity contribution >= 4 is 23.5 Å². The fourth-order valence-corrected chi connectivity index (χ4v) is 8.31. The van der Waals surface area contributed by atoms with Gasteiger partial charge in [-0.15, -0.1) is 23.5 Å². The van der Waals surface area contributed by atoms with Gasteiger partial charge in [0.2, 0.25) is 0 Å². The molecule has 0 radical (unpaired) electrons. The summed E-state index contributed by atoms with van der Waals surface area (Å²) in [5.41, 5.74) is 0. The molecule has 0 N–H and O–H groups in total. The molecule has 3 fully saturated rings. The van der Waals surface area contributed by atoms with E-state index < -0.39 is 0 Å². The zero-order valence-electron chi connectivity index (χ0n) is 10.2. The Morgan fingerprint density at radius 2 is 1.56 bits per heavy atom. The Balaban J connectivity index is 1.78. The van der Waals surface area contributed by atoms with Crippen LogP contribution in [0.25, 0.3) is 0 Å². The van der Waals surface area contributed by atoms with Gasteiger partial charge < -0.3 is 0 Å². The third-order valence-corrected chi connectivity index (χ3v) is 8.55. The minimum atomic E-state index is 0.729. The van der Waals surface area contributed by atoms with Gasteiger partial charge in [0.25, 0.3) is 0 Å². The summed E-state index contributed by atoms with van der Waals surface area (Å²) in [6.07, 6.45) is 15.2. The predicted octanol–water partition coefficient (Wildman–Crippen LogP) is 5.08. The lowest BCUT2D eigenvalue weighted by atomic mass is 9.75. The maximum atomic E-state index is 2.35. The van der Waals surface area contributed by atoms with Crippen LogP contribution in [0.15, 0.2) is 0 Å². The van der Waals surface area contributed by atoms with E-state index in [9.17, 15) is 0 Å². The smallest absolute Gasteiger partial charge is 0.0401 e. The van der Waals surface area contributed by atoms with E-state index >= 15 is 0 Å². The molecule has 0 bridgehead atoms. The molecule has 3 rings (SSSR count). The lowest BCUT2D eigenvalue weighted by Gasteiger charge is -2.44. The SMILES string of the molecule is C1CCCC(C23CCCCC2SCS3)CC1. The van der Waals surface area contributed by atoms with Gasteiger partial charge >= 0.3 is 0 Å². The second-order valence-corrected chi connectivity index (χ2v) is 8.70. The number of hydrogen-bond donors (Lipinski definition) is 0. The van der Waals surface area contributed by atoms with Crippen molar-refractivity contribution in [1.29, 1.82) is 0 Å². The molecule has 2 heteroatoms. The molecule has 1 saturated heterocycles. The van der Waals surface area contributed by atoms with E-state index in [0.717, 1.165) is 15.9 Å². The Bertz CT molecular complexity index is 233. The topological polar surface area (TPSA) is 0 Å². The molecule has 2 aliphatic carbocycles. The molecule has 2 saturated carbocycles. The van der Waals surface area contributed by atoms with Crippen molar-refractivity contribution in [3.63, 3.8) is 0 Å². The highest BCUT2D eigenvalue weighted by atomic mass is 32.2. The number of rotatable bonds is 1. The van der Waals surface area contributed by atoms with Crippen molar-refractivity contribution in [2.24, 2.45) is 5.92 Å². The minimum Gasteiger partial charge on any atom is -0.146 e. The maximum Gasteiger partial charge on any atom is 0.0401 e. The fraction of sp³-hybridized carbons (Fsp3) is 1.00. The summed E-state index contributed by atoms with van der Waals surface area (Å²) < 4.78 is 0.729. The first-order chi connectivity index (χ1) is 7.92. The Kier molecular flexibility index (Phi) is 3.78. The zero-order valence-corrected chi connectivity index (χ0v) is 11.9. The van der Waals surface area contributed by atoms with Crippen molar-refractivity contribution in [2.45, 2.75) is 74.2 Å². The summed E-state index contributed by atoms with van der Waals surface area (Å²) in [6.45, 7) is 0. The summed E-state index contributed by atoms with van der Waals surface area (Å²) >= 11 is 4.64. The monoisotopic (exact) mass is 256 g/mol. The summed E-state index contributed by atoms with van der Waals surface area (Å²) in [4.78, 5) is 0. The van der Waals surface area contributed by atoms with E-state index in [4.69, 9.17) is 0 Å². The summed E-state index contributed by atoms with van der Waals surface area (Å²) in [7, 11) is 0. The number of fused-ring (bicyclic) bond motifs is 1. The van der Waals surface area contributed by atoms with Crippen molar-refractivity contribution in [1.82, 2.24) is 0 Å². The molecule has 0 aromatic rings. The van der Waals surface area contributed by atoms with Gasteiger partial charge in [0.15, 0.2) is 0 Å². The van der Waals surface area contributed by atoms with Crippen LogP contribution in [0.4, 0.5) is 0 Å². The Morgan fingerprint density at radius 3 is 2.38 bits per heavy atom. The van der Waals surface area contributed by atoms with E-state index in [1.54, 1.807) is 19.3 Å². The molecule has 2 atom stereocenters. The van der Waals surface area contributed by atoms with Crippen LogP contribution < -0.4 is 0 Å². The first-order valence-electron chi connectivity index (χ1n) is 7.17. The highest BCUT2D eigenvalue weighted by molar-refractivity contribution is 8.20. The standard InChI is InChI=1S/C14H24S2/c1-2-4-8-12(7-3-1)14-10-6-5-9-13(14)15-11-16-14/h12-13H,1-11H2. The number of hydrogen-bond acceptors (Lipinski definition) is 2. The van der Waals surface area contributed by atoms with Gasteiger partial charge in [0, 0.05) is 15.1 Å². The van der Waals surface area contributed by atoms with Crippen LogP contribution in [0.2, 0.25) is 0 Å². The van der Waals surface area contributed by atoms with Crippen molar-refractivity contribution in [3.05, 3.63) is 0 Å². The predicted molar refractivity (Wildman–Crippen MR) is 76.2 cm³/mol. The van der Waals surface area contributed by atoms with E-state index in [1.165, 1.54) is 50.0 Å². The molecular weight excluding hydrogens is 232 g/mol. The quantitative estimate of drug-likeness (QED) is 0.600. The number of thioether (sulfide) groups is 2. The van der Waals surface area contributed by atoms with Crippen LogP contribution in [0.1, 0.15) is 64.2 Å². The molecule has 2 unspecified atom stereocenters. The van der Waals surface area contributed by atoms with Crippen molar-refractivity contribution in [3.8, 4) is 0 Å². The van der Waals surface area contributed by atoms with E-state index in [-0.39, 0.29) is 0 Å². The molecule has 1 aliphatic heterocycles. The molecule has 0 spiro atoms. The van der Waals surface area contributed by atoms with E-state index in [2.05, 4.69) is 23.5 Å². The molecular formula is C14H24S2. The molecule has 3 aliphatic rings. The highest BCUT2D eigenvalue weighted by Crippen LogP contribution is 2.59. The second-order valence-electron chi connectivity index (χ2n) is 5.81. The Labute approximate surface area is 109 Å². The molecule has 92 valence electrons. The molecule has 0 nitrogen and oxygen atoms in total. The van der Waals surface area contributed by atoms with Crippen LogP contribution in [-0.2, 0) is 0 Å². The Morgan fingerprint density at radius 1 is 0.812 bits per heavy atom. The lowest BCUT2D eigenvalue weighted by molar-refractivity contribution is 0.274. The third-order valence-electron chi connectivity index (χ3n) is 4.97. The summed E-state index contributed by atoms with van der Waals surface area (Å²) in [6, 6.07) is 0. The molecule has 0 amide bonds. The van der Waals surface area contributed by atoms with Crippen LogP contribution in [0.3, 0.4) is 0 Å². The average Bonchev–Trinajstić information content (AvgIpc) is 2.57. The minimum absolute atomic E-state index is 0.729. The second kappa shape index (κ2) is 5.14. The van der Waals surface area contributed by atoms with Crippen LogP contribution >= 0.6 is 23.5 Å². The summed E-state index contributed by atoms with van der Waals surface area (Å²) in [5.74, 6) is 1.07.